The van der Waals surface area contributed by atoms with Crippen molar-refractivity contribution in [3.8, 4) is 11.5 Å². The number of carboxylic acids is 1. The van der Waals surface area contributed by atoms with Crippen LogP contribution in [0.1, 0.15) is 39.5 Å². The van der Waals surface area contributed by atoms with Gasteiger partial charge in [-0.25, -0.2) is 4.79 Å². The average molecular weight is 712 g/mol. The summed E-state index contributed by atoms with van der Waals surface area (Å²) in [6.45, 7) is 1.98. The number of alkyl halides is 9. The van der Waals surface area contributed by atoms with E-state index in [0.717, 1.165) is 36.4 Å². The molecule has 15 heteroatoms. The number of rotatable bonds is 9. The Hall–Kier alpha value is -5.08. The Morgan fingerprint density at radius 3 is 1.94 bits per heavy atom. The number of piperazine rings is 1. The molecule has 0 amide bonds. The van der Waals surface area contributed by atoms with Gasteiger partial charge in [0.25, 0.3) is 0 Å². The molecule has 1 aliphatic rings. The maximum absolute atomic E-state index is 14.5. The van der Waals surface area contributed by atoms with Crippen molar-refractivity contribution in [3.05, 3.63) is 113 Å². The lowest BCUT2D eigenvalue weighted by Gasteiger charge is -2.38. The standard InChI is InChI=1S/C35H30F9N3O3/c1-2-45(21-23-18-25(34(39,40)41)8-13-31(23)50-28-10-6-22(7-11-28)32(48)49)27-9-12-30(29(20-27)35(42,43)44)47-16-14-46(15-17-47)26-5-3-4-24(19-26)33(36,37)38/h3-13,18-20H,2,14-17,21H2,1H3,(H,48,49). The predicted molar refractivity (Wildman–Crippen MR) is 169 cm³/mol. The highest BCUT2D eigenvalue weighted by Gasteiger charge is 2.37. The number of hydrogen-bond acceptors (Lipinski definition) is 5. The first-order valence-corrected chi connectivity index (χ1v) is 15.3. The summed E-state index contributed by atoms with van der Waals surface area (Å²) in [7, 11) is 0. The summed E-state index contributed by atoms with van der Waals surface area (Å²) in [4.78, 5) is 15.8. The van der Waals surface area contributed by atoms with E-state index in [1.165, 1.54) is 58.3 Å². The first-order chi connectivity index (χ1) is 23.4. The van der Waals surface area contributed by atoms with Gasteiger partial charge in [-0.15, -0.1) is 0 Å². The molecule has 0 spiro atoms. The van der Waals surface area contributed by atoms with E-state index >= 15 is 0 Å². The number of anilines is 3. The molecule has 0 unspecified atom stereocenters. The molecule has 0 bridgehead atoms. The van der Waals surface area contributed by atoms with Crippen molar-refractivity contribution in [1.82, 2.24) is 0 Å². The number of carboxylic acid groups (broad SMARTS) is 1. The van der Waals surface area contributed by atoms with Gasteiger partial charge in [0, 0.05) is 61.9 Å². The molecule has 4 aromatic rings. The predicted octanol–water partition coefficient (Wildman–Crippen LogP) is 9.59. The lowest BCUT2D eigenvalue weighted by Crippen LogP contribution is -2.47. The van der Waals surface area contributed by atoms with Crippen LogP contribution in [0.3, 0.4) is 0 Å². The van der Waals surface area contributed by atoms with Crippen molar-refractivity contribution in [2.24, 2.45) is 0 Å². The highest BCUT2D eigenvalue weighted by molar-refractivity contribution is 5.87. The van der Waals surface area contributed by atoms with Crippen LogP contribution in [0.5, 0.6) is 11.5 Å². The van der Waals surface area contributed by atoms with E-state index in [1.807, 2.05) is 0 Å². The Balaban J connectivity index is 1.40. The maximum atomic E-state index is 14.5. The normalized spacial score (nSPS) is 14.1. The van der Waals surface area contributed by atoms with Crippen LogP contribution < -0.4 is 19.4 Å². The Kier molecular flexibility index (Phi) is 10.2. The van der Waals surface area contributed by atoms with Crippen LogP contribution in [-0.4, -0.2) is 43.8 Å². The zero-order chi connectivity index (χ0) is 36.4. The lowest BCUT2D eigenvalue weighted by atomic mass is 10.1. The SMILES string of the molecule is CCN(Cc1cc(C(F)(F)F)ccc1Oc1ccc(C(=O)O)cc1)c1ccc(N2CCN(c3cccc(C(F)(F)F)c3)CC2)c(C(F)(F)F)c1. The second-order valence-corrected chi connectivity index (χ2v) is 11.5. The second-order valence-electron chi connectivity index (χ2n) is 11.5. The molecule has 0 aliphatic carbocycles. The number of aromatic carboxylic acids is 1. The van der Waals surface area contributed by atoms with Crippen molar-refractivity contribution < 1.29 is 54.2 Å². The molecule has 0 aromatic heterocycles. The maximum Gasteiger partial charge on any atom is 0.418 e. The van der Waals surface area contributed by atoms with Gasteiger partial charge in [0.2, 0.25) is 0 Å². The first kappa shape index (κ1) is 36.2. The smallest absolute Gasteiger partial charge is 0.418 e. The quantitative estimate of drug-likeness (QED) is 0.175. The molecule has 1 N–H and O–H groups in total. The Morgan fingerprint density at radius 2 is 1.36 bits per heavy atom. The molecule has 266 valence electrons. The first-order valence-electron chi connectivity index (χ1n) is 15.3. The van der Waals surface area contributed by atoms with Gasteiger partial charge >= 0.3 is 24.5 Å². The lowest BCUT2D eigenvalue weighted by molar-refractivity contribution is -0.138. The zero-order valence-corrected chi connectivity index (χ0v) is 26.3. The molecule has 6 nitrogen and oxygen atoms in total. The van der Waals surface area contributed by atoms with E-state index < -0.39 is 41.2 Å². The third kappa shape index (κ3) is 8.37. The number of hydrogen-bond donors (Lipinski definition) is 1. The molecule has 50 heavy (non-hydrogen) atoms. The van der Waals surface area contributed by atoms with Gasteiger partial charge in [-0.1, -0.05) is 6.07 Å². The van der Waals surface area contributed by atoms with E-state index in [9.17, 15) is 44.3 Å². The van der Waals surface area contributed by atoms with Gasteiger partial charge in [0.15, 0.2) is 0 Å². The van der Waals surface area contributed by atoms with Gasteiger partial charge in [-0.05, 0) is 85.8 Å². The Labute approximate surface area is 280 Å². The summed E-state index contributed by atoms with van der Waals surface area (Å²) >= 11 is 0. The fourth-order valence-electron chi connectivity index (χ4n) is 5.67. The largest absolute Gasteiger partial charge is 0.478 e. The second kappa shape index (κ2) is 14.0. The molecule has 4 aromatic carbocycles. The van der Waals surface area contributed by atoms with Gasteiger partial charge in [0.05, 0.1) is 22.3 Å². The summed E-state index contributed by atoms with van der Waals surface area (Å²) in [5, 5.41) is 9.14. The highest BCUT2D eigenvalue weighted by Crippen LogP contribution is 2.41. The summed E-state index contributed by atoms with van der Waals surface area (Å²) in [5.41, 5.74) is -2.55. The Bertz CT molecular complexity index is 1820. The molecule has 1 heterocycles. The van der Waals surface area contributed by atoms with Crippen molar-refractivity contribution in [1.29, 1.82) is 0 Å². The number of halogens is 9. The monoisotopic (exact) mass is 711 g/mol. The summed E-state index contributed by atoms with van der Waals surface area (Å²) in [6.07, 6.45) is -14.1. The van der Waals surface area contributed by atoms with E-state index in [4.69, 9.17) is 9.84 Å². The summed E-state index contributed by atoms with van der Waals surface area (Å²) < 4.78 is 130. The fourth-order valence-corrected chi connectivity index (χ4v) is 5.67. The number of benzene rings is 4. The minimum absolute atomic E-state index is 0.00849. The summed E-state index contributed by atoms with van der Waals surface area (Å²) in [6, 6.07) is 16.3. The van der Waals surface area contributed by atoms with Gasteiger partial charge in [-0.2, -0.15) is 39.5 Å². The zero-order valence-electron chi connectivity index (χ0n) is 26.3. The van der Waals surface area contributed by atoms with Crippen molar-refractivity contribution in [3.63, 3.8) is 0 Å². The van der Waals surface area contributed by atoms with Crippen LogP contribution in [0, 0.1) is 0 Å². The number of carbonyl (C=O) groups is 1. The minimum Gasteiger partial charge on any atom is -0.478 e. The minimum atomic E-state index is -4.81. The topological polar surface area (TPSA) is 56.2 Å². The van der Waals surface area contributed by atoms with Crippen LogP contribution in [-0.2, 0) is 25.1 Å². The van der Waals surface area contributed by atoms with Gasteiger partial charge in [0.1, 0.15) is 11.5 Å². The van der Waals surface area contributed by atoms with Crippen molar-refractivity contribution >= 4 is 23.0 Å². The number of nitrogens with zero attached hydrogens (tertiary/aromatic N) is 3. The van der Waals surface area contributed by atoms with Crippen LogP contribution in [0.4, 0.5) is 56.6 Å². The molecule has 5 rings (SSSR count). The van der Waals surface area contributed by atoms with Crippen LogP contribution >= 0.6 is 0 Å². The van der Waals surface area contributed by atoms with Crippen molar-refractivity contribution in [2.75, 3.05) is 47.4 Å². The van der Waals surface area contributed by atoms with Crippen LogP contribution in [0.25, 0.3) is 0 Å². The van der Waals surface area contributed by atoms with Crippen LogP contribution in [0.15, 0.2) is 84.9 Å². The van der Waals surface area contributed by atoms with E-state index in [-0.39, 0.29) is 73.3 Å². The highest BCUT2D eigenvalue weighted by atomic mass is 19.4. The third-order valence-electron chi connectivity index (χ3n) is 8.27. The molecule has 1 saturated heterocycles. The molecular weight excluding hydrogens is 681 g/mol. The number of ether oxygens (including phenoxy) is 1. The van der Waals surface area contributed by atoms with E-state index in [1.54, 1.807) is 11.8 Å². The molecule has 0 saturated carbocycles. The third-order valence-corrected chi connectivity index (χ3v) is 8.27. The van der Waals surface area contributed by atoms with Crippen molar-refractivity contribution in [2.45, 2.75) is 32.0 Å². The molecular formula is C35H30F9N3O3. The molecule has 1 fully saturated rings. The van der Waals surface area contributed by atoms with E-state index in [2.05, 4.69) is 0 Å². The fraction of sp³-hybridized carbons (Fsp3) is 0.286. The average Bonchev–Trinajstić information content (AvgIpc) is 3.06. The van der Waals surface area contributed by atoms with E-state index in [0.29, 0.717) is 5.69 Å². The molecule has 0 atom stereocenters. The van der Waals surface area contributed by atoms with Crippen LogP contribution in [0.2, 0.25) is 0 Å². The van der Waals surface area contributed by atoms with Gasteiger partial charge in [-0.3, -0.25) is 0 Å². The Morgan fingerprint density at radius 1 is 0.740 bits per heavy atom. The molecule has 1 aliphatic heterocycles. The molecule has 0 radical (unpaired) electrons. The van der Waals surface area contributed by atoms with Gasteiger partial charge < -0.3 is 24.5 Å². The summed E-state index contributed by atoms with van der Waals surface area (Å²) in [5.74, 6) is -1.06.